The number of aromatic nitrogens is 2. The Morgan fingerprint density at radius 2 is 1.87 bits per heavy atom. The fraction of sp³-hybridized carbons (Fsp3) is 0.0667. The van der Waals surface area contributed by atoms with Crippen LogP contribution in [0.3, 0.4) is 0 Å². The van der Waals surface area contributed by atoms with E-state index in [0.717, 1.165) is 0 Å². The lowest BCUT2D eigenvalue weighted by Gasteiger charge is -2.10. The van der Waals surface area contributed by atoms with Crippen molar-refractivity contribution in [1.29, 1.82) is 5.26 Å². The summed E-state index contributed by atoms with van der Waals surface area (Å²) < 4.78 is 43.4. The second kappa shape index (κ2) is 5.85. The number of hydrogen-bond acceptors (Lipinski definition) is 4. The van der Waals surface area contributed by atoms with Crippen molar-refractivity contribution >= 4 is 22.7 Å². The van der Waals surface area contributed by atoms with Gasteiger partial charge in [0, 0.05) is 4.90 Å². The predicted octanol–water partition coefficient (Wildman–Crippen LogP) is 4.84. The van der Waals surface area contributed by atoms with E-state index in [1.54, 1.807) is 24.3 Å². The van der Waals surface area contributed by atoms with Crippen LogP contribution in [0.1, 0.15) is 5.56 Å². The topological polar surface area (TPSA) is 61.7 Å². The summed E-state index contributed by atoms with van der Waals surface area (Å²) in [6.45, 7) is 0. The lowest BCUT2D eigenvalue weighted by molar-refractivity contribution is -0.0327. The average molecular weight is 335 g/mol. The van der Waals surface area contributed by atoms with Gasteiger partial charge in [-0.25, -0.2) is 0 Å². The maximum Gasteiger partial charge on any atom is 0.446 e. The molecule has 0 atom stereocenters. The minimum absolute atomic E-state index is 0.0252. The van der Waals surface area contributed by atoms with E-state index in [4.69, 9.17) is 10.00 Å². The largest absolute Gasteiger partial charge is 0.457 e. The van der Waals surface area contributed by atoms with Gasteiger partial charge in [-0.2, -0.15) is 23.5 Å². The summed E-state index contributed by atoms with van der Waals surface area (Å²) in [4.78, 5) is 0.0252. The second-order valence-electron chi connectivity index (χ2n) is 4.51. The van der Waals surface area contributed by atoms with Crippen LogP contribution in [0.4, 0.5) is 13.2 Å². The van der Waals surface area contributed by atoms with Gasteiger partial charge in [-0.1, -0.05) is 0 Å². The fourth-order valence-electron chi connectivity index (χ4n) is 2.01. The molecule has 1 heterocycles. The molecule has 2 aromatic carbocycles. The van der Waals surface area contributed by atoms with E-state index in [-0.39, 0.29) is 22.2 Å². The Balaban J connectivity index is 1.94. The summed E-state index contributed by atoms with van der Waals surface area (Å²) in [7, 11) is 0. The van der Waals surface area contributed by atoms with Crippen LogP contribution in [0.5, 0.6) is 11.5 Å². The van der Waals surface area contributed by atoms with Gasteiger partial charge in [0.2, 0.25) is 0 Å². The van der Waals surface area contributed by atoms with E-state index < -0.39 is 5.51 Å². The summed E-state index contributed by atoms with van der Waals surface area (Å²) in [6, 6.07) is 11.2. The molecule has 116 valence electrons. The monoisotopic (exact) mass is 335 g/mol. The first kappa shape index (κ1) is 15.2. The second-order valence-corrected chi connectivity index (χ2v) is 5.61. The number of nitrogens with one attached hydrogen (secondary N) is 1. The van der Waals surface area contributed by atoms with E-state index in [0.29, 0.717) is 22.4 Å². The third kappa shape index (κ3) is 3.40. The van der Waals surface area contributed by atoms with Gasteiger partial charge in [0.15, 0.2) is 0 Å². The molecule has 23 heavy (non-hydrogen) atoms. The molecule has 0 saturated carbocycles. The minimum atomic E-state index is -4.38. The number of hydrogen-bond donors (Lipinski definition) is 1. The Morgan fingerprint density at radius 3 is 2.52 bits per heavy atom. The maximum atomic E-state index is 12.6. The van der Waals surface area contributed by atoms with Crippen molar-refractivity contribution in [3.63, 3.8) is 0 Å². The normalized spacial score (nSPS) is 11.4. The highest BCUT2D eigenvalue weighted by molar-refractivity contribution is 8.00. The van der Waals surface area contributed by atoms with Gasteiger partial charge in [0.1, 0.15) is 11.5 Å². The molecule has 0 aliphatic heterocycles. The zero-order valence-corrected chi connectivity index (χ0v) is 12.2. The van der Waals surface area contributed by atoms with Crippen LogP contribution in [-0.4, -0.2) is 15.7 Å². The zero-order valence-electron chi connectivity index (χ0n) is 11.4. The molecule has 0 aliphatic carbocycles. The highest BCUT2D eigenvalue weighted by Gasteiger charge is 2.30. The van der Waals surface area contributed by atoms with Crippen molar-refractivity contribution in [1.82, 2.24) is 10.2 Å². The van der Waals surface area contributed by atoms with Gasteiger partial charge in [-0.15, -0.1) is 0 Å². The van der Waals surface area contributed by atoms with E-state index in [1.807, 2.05) is 6.07 Å². The molecule has 8 heteroatoms. The number of rotatable bonds is 3. The van der Waals surface area contributed by atoms with Crippen molar-refractivity contribution in [2.75, 3.05) is 0 Å². The van der Waals surface area contributed by atoms with Gasteiger partial charge in [-0.3, -0.25) is 5.10 Å². The first-order valence-corrected chi connectivity index (χ1v) is 7.18. The van der Waals surface area contributed by atoms with Crippen molar-refractivity contribution in [2.24, 2.45) is 0 Å². The molecule has 0 spiro atoms. The van der Waals surface area contributed by atoms with Crippen LogP contribution in [-0.2, 0) is 0 Å². The fourth-order valence-corrected chi connectivity index (χ4v) is 2.65. The molecule has 0 saturated heterocycles. The third-order valence-corrected chi connectivity index (χ3v) is 3.77. The lowest BCUT2D eigenvalue weighted by atomic mass is 10.2. The van der Waals surface area contributed by atoms with Crippen LogP contribution >= 0.6 is 11.8 Å². The molecule has 0 unspecified atom stereocenters. The number of nitrogens with zero attached hydrogens (tertiary/aromatic N) is 2. The highest BCUT2D eigenvalue weighted by atomic mass is 32.2. The Bertz CT molecular complexity index is 882. The van der Waals surface area contributed by atoms with Crippen molar-refractivity contribution < 1.29 is 17.9 Å². The smallest absolute Gasteiger partial charge is 0.446 e. The summed E-state index contributed by atoms with van der Waals surface area (Å²) in [5.41, 5.74) is -3.63. The molecular weight excluding hydrogens is 327 g/mol. The molecule has 0 amide bonds. The SMILES string of the molecule is N#Cc1ccc(Oc2ccc(SC(F)(F)F)c3[nH]ncc23)cc1. The van der Waals surface area contributed by atoms with Crippen molar-refractivity contribution in [3.05, 3.63) is 48.2 Å². The Kier molecular flexibility index (Phi) is 3.88. The summed E-state index contributed by atoms with van der Waals surface area (Å²) in [5, 5.41) is 15.6. The van der Waals surface area contributed by atoms with Gasteiger partial charge in [-0.05, 0) is 48.2 Å². The number of thioether (sulfide) groups is 1. The number of aromatic amines is 1. The van der Waals surface area contributed by atoms with Crippen LogP contribution in [0, 0.1) is 11.3 Å². The first-order chi connectivity index (χ1) is 11.0. The summed E-state index contributed by atoms with van der Waals surface area (Å²) in [6.07, 6.45) is 1.41. The standard InChI is InChI=1S/C15H8F3N3OS/c16-15(17,18)23-13-6-5-12(11-8-20-21-14(11)13)22-10-3-1-9(7-19)2-4-10/h1-6,8H,(H,20,21). The van der Waals surface area contributed by atoms with Gasteiger partial charge in [0.05, 0.1) is 28.7 Å². The van der Waals surface area contributed by atoms with Crippen molar-refractivity contribution in [3.8, 4) is 17.6 Å². The molecule has 1 N–H and O–H groups in total. The Morgan fingerprint density at radius 1 is 1.13 bits per heavy atom. The van der Waals surface area contributed by atoms with E-state index >= 15 is 0 Å². The number of fused-ring (bicyclic) bond motifs is 1. The van der Waals surface area contributed by atoms with E-state index in [1.165, 1.54) is 18.3 Å². The van der Waals surface area contributed by atoms with E-state index in [9.17, 15) is 13.2 Å². The first-order valence-electron chi connectivity index (χ1n) is 6.36. The van der Waals surface area contributed by atoms with Crippen LogP contribution in [0.2, 0.25) is 0 Å². The molecule has 3 aromatic rings. The quantitative estimate of drug-likeness (QED) is 0.696. The average Bonchev–Trinajstić information content (AvgIpc) is 2.99. The molecule has 3 rings (SSSR count). The Hall–Kier alpha value is -2.66. The molecule has 0 fully saturated rings. The summed E-state index contributed by atoms with van der Waals surface area (Å²) in [5.74, 6) is 0.854. The molecule has 1 aromatic heterocycles. The number of H-pyrrole nitrogens is 1. The summed E-state index contributed by atoms with van der Waals surface area (Å²) >= 11 is -0.208. The third-order valence-electron chi connectivity index (χ3n) is 2.97. The molecule has 0 bridgehead atoms. The molecule has 4 nitrogen and oxygen atoms in total. The number of halogens is 3. The van der Waals surface area contributed by atoms with Crippen molar-refractivity contribution in [2.45, 2.75) is 10.4 Å². The maximum absolute atomic E-state index is 12.6. The number of nitriles is 1. The van der Waals surface area contributed by atoms with Gasteiger partial charge < -0.3 is 4.74 Å². The van der Waals surface area contributed by atoms with Crippen LogP contribution in [0.15, 0.2) is 47.5 Å². The predicted molar refractivity (Wildman–Crippen MR) is 79.2 cm³/mol. The van der Waals surface area contributed by atoms with Crippen LogP contribution < -0.4 is 4.74 Å². The van der Waals surface area contributed by atoms with Crippen LogP contribution in [0.25, 0.3) is 10.9 Å². The number of ether oxygens (including phenoxy) is 1. The van der Waals surface area contributed by atoms with Gasteiger partial charge >= 0.3 is 5.51 Å². The Labute approximate surface area is 132 Å². The number of alkyl halides is 3. The molecule has 0 aliphatic rings. The zero-order chi connectivity index (χ0) is 16.4. The molecule has 0 radical (unpaired) electrons. The number of benzene rings is 2. The molecular formula is C15H8F3N3OS. The minimum Gasteiger partial charge on any atom is -0.457 e. The van der Waals surface area contributed by atoms with Gasteiger partial charge in [0.25, 0.3) is 0 Å². The lowest BCUT2D eigenvalue weighted by Crippen LogP contribution is -1.99. The highest BCUT2D eigenvalue weighted by Crippen LogP contribution is 2.42. The van der Waals surface area contributed by atoms with E-state index in [2.05, 4.69) is 10.2 Å².